The van der Waals surface area contributed by atoms with Crippen LogP contribution in [0.25, 0.3) is 33.4 Å². The van der Waals surface area contributed by atoms with Crippen LogP contribution in [-0.2, 0) is 4.74 Å². The Hall–Kier alpha value is -3.65. The lowest BCUT2D eigenvalue weighted by atomic mass is 10.0. The van der Waals surface area contributed by atoms with Gasteiger partial charge in [0, 0.05) is 42.0 Å². The van der Waals surface area contributed by atoms with Crippen LogP contribution in [0.5, 0.6) is 5.75 Å². The van der Waals surface area contributed by atoms with Gasteiger partial charge in [0.25, 0.3) is 0 Å². The van der Waals surface area contributed by atoms with Crippen LogP contribution in [0.2, 0.25) is 0 Å². The molecular weight excluding hydrogens is 426 g/mol. The van der Waals surface area contributed by atoms with Gasteiger partial charge < -0.3 is 14.8 Å². The first-order valence-corrected chi connectivity index (χ1v) is 10.6. The Morgan fingerprint density at radius 2 is 1.85 bits per heavy atom. The average molecular weight is 450 g/mol. The summed E-state index contributed by atoms with van der Waals surface area (Å²) >= 11 is 0. The van der Waals surface area contributed by atoms with Crippen LogP contribution in [0.3, 0.4) is 0 Å². The molecule has 0 saturated heterocycles. The number of hydrogen-bond donors (Lipinski definition) is 1. The predicted molar refractivity (Wildman–Crippen MR) is 124 cm³/mol. The molecule has 2 heterocycles. The van der Waals surface area contributed by atoms with E-state index in [9.17, 15) is 8.78 Å². The Bertz CT molecular complexity index is 1270. The number of halogens is 2. The van der Waals surface area contributed by atoms with Crippen molar-refractivity contribution in [2.75, 3.05) is 25.6 Å². The number of nitrogens with zero attached hydrogens (tertiary/aromatic N) is 3. The molecule has 170 valence electrons. The monoisotopic (exact) mass is 450 g/mol. The Morgan fingerprint density at radius 1 is 1.00 bits per heavy atom. The lowest BCUT2D eigenvalue weighted by Crippen LogP contribution is -2.12. The molecule has 0 fully saturated rings. The molecule has 0 saturated carbocycles. The molecule has 0 aliphatic rings. The van der Waals surface area contributed by atoms with E-state index < -0.39 is 11.6 Å². The van der Waals surface area contributed by atoms with Crippen LogP contribution < -0.4 is 10.1 Å². The van der Waals surface area contributed by atoms with Gasteiger partial charge in [-0.15, -0.1) is 0 Å². The predicted octanol–water partition coefficient (Wildman–Crippen LogP) is 5.48. The molecule has 2 aromatic carbocycles. The normalized spacial score (nSPS) is 11.2. The Morgan fingerprint density at radius 3 is 2.55 bits per heavy atom. The Labute approximate surface area is 190 Å². The fourth-order valence-electron chi connectivity index (χ4n) is 3.44. The van der Waals surface area contributed by atoms with E-state index in [2.05, 4.69) is 15.3 Å². The third-order valence-electron chi connectivity index (χ3n) is 4.96. The molecule has 0 aliphatic carbocycles. The summed E-state index contributed by atoms with van der Waals surface area (Å²) in [5.41, 5.74) is 2.08. The molecule has 0 amide bonds. The van der Waals surface area contributed by atoms with Crippen molar-refractivity contribution in [1.82, 2.24) is 15.0 Å². The third kappa shape index (κ3) is 5.06. The van der Waals surface area contributed by atoms with Crippen molar-refractivity contribution in [2.24, 2.45) is 0 Å². The van der Waals surface area contributed by atoms with Crippen LogP contribution in [-0.4, -0.2) is 41.3 Å². The summed E-state index contributed by atoms with van der Waals surface area (Å²) in [6.07, 6.45) is 3.43. The minimum absolute atomic E-state index is 0.0698. The highest BCUT2D eigenvalue weighted by molar-refractivity contribution is 5.97. The summed E-state index contributed by atoms with van der Waals surface area (Å²) in [4.78, 5) is 13.5. The summed E-state index contributed by atoms with van der Waals surface area (Å²) in [6.45, 7) is 4.55. The zero-order valence-electron chi connectivity index (χ0n) is 18.6. The molecular formula is C25H24F2N4O2. The van der Waals surface area contributed by atoms with E-state index in [0.29, 0.717) is 40.5 Å². The van der Waals surface area contributed by atoms with E-state index in [4.69, 9.17) is 14.5 Å². The molecule has 1 N–H and O–H groups in total. The van der Waals surface area contributed by atoms with Crippen molar-refractivity contribution >= 4 is 16.7 Å². The van der Waals surface area contributed by atoms with Gasteiger partial charge in [0.2, 0.25) is 0 Å². The second-order valence-corrected chi connectivity index (χ2v) is 7.65. The number of anilines is 1. The highest BCUT2D eigenvalue weighted by Gasteiger charge is 2.17. The van der Waals surface area contributed by atoms with Gasteiger partial charge in [-0.1, -0.05) is 0 Å². The Balaban J connectivity index is 1.87. The lowest BCUT2D eigenvalue weighted by molar-refractivity contribution is 0.0556. The molecule has 8 heteroatoms. The maximum Gasteiger partial charge on any atom is 0.163 e. The third-order valence-corrected chi connectivity index (χ3v) is 4.96. The van der Waals surface area contributed by atoms with Crippen LogP contribution in [0, 0.1) is 11.6 Å². The van der Waals surface area contributed by atoms with Crippen molar-refractivity contribution < 1.29 is 18.3 Å². The molecule has 4 aromatic rings. The van der Waals surface area contributed by atoms with Crippen molar-refractivity contribution in [2.45, 2.75) is 20.0 Å². The minimum atomic E-state index is -0.664. The number of aromatic nitrogens is 3. The van der Waals surface area contributed by atoms with Crippen molar-refractivity contribution in [3.63, 3.8) is 0 Å². The molecule has 2 aromatic heterocycles. The number of nitrogens with one attached hydrogen (secondary N) is 1. The molecule has 0 atom stereocenters. The van der Waals surface area contributed by atoms with Crippen molar-refractivity contribution in [1.29, 1.82) is 0 Å². The first-order valence-electron chi connectivity index (χ1n) is 10.6. The van der Waals surface area contributed by atoms with Crippen LogP contribution >= 0.6 is 0 Å². The topological polar surface area (TPSA) is 69.2 Å². The van der Waals surface area contributed by atoms with Crippen molar-refractivity contribution in [3.8, 4) is 28.3 Å². The lowest BCUT2D eigenvalue weighted by Gasteiger charge is -2.16. The fraction of sp³-hybridized carbons (Fsp3) is 0.240. The van der Waals surface area contributed by atoms with Gasteiger partial charge in [-0.3, -0.25) is 4.98 Å². The molecule has 0 spiro atoms. The van der Waals surface area contributed by atoms with E-state index in [-0.39, 0.29) is 18.3 Å². The summed E-state index contributed by atoms with van der Waals surface area (Å²) < 4.78 is 39.7. The zero-order valence-corrected chi connectivity index (χ0v) is 18.6. The van der Waals surface area contributed by atoms with E-state index in [1.54, 1.807) is 31.6 Å². The summed E-state index contributed by atoms with van der Waals surface area (Å²) in [5, 5.41) is 3.73. The summed E-state index contributed by atoms with van der Waals surface area (Å²) in [6, 6.07) is 10.6. The molecule has 0 aliphatic heterocycles. The number of hydrogen-bond acceptors (Lipinski definition) is 6. The standard InChI is InChI=1S/C25H24F2N4O2/c1-15(2)32-9-10-33-22-12-17(19-7-6-18(26)13-21(19)27)11-20-23(22)30-24(31-25(20)28-3)16-5-4-8-29-14-16/h4-8,11-15H,9-10H2,1-3H3,(H,28,30,31). The van der Waals surface area contributed by atoms with Gasteiger partial charge in [-0.05, 0) is 55.8 Å². The number of fused-ring (bicyclic) bond motifs is 1. The average Bonchev–Trinajstić information content (AvgIpc) is 2.81. The number of rotatable bonds is 8. The minimum Gasteiger partial charge on any atom is -0.489 e. The largest absolute Gasteiger partial charge is 0.489 e. The smallest absolute Gasteiger partial charge is 0.163 e. The second kappa shape index (κ2) is 9.87. The van der Waals surface area contributed by atoms with Gasteiger partial charge in [0.1, 0.15) is 35.3 Å². The maximum absolute atomic E-state index is 14.6. The van der Waals surface area contributed by atoms with Crippen LogP contribution in [0.4, 0.5) is 14.6 Å². The molecule has 4 rings (SSSR count). The SMILES string of the molecule is CNc1nc(-c2cccnc2)nc2c(OCCOC(C)C)cc(-c3ccc(F)cc3F)cc12. The van der Waals surface area contributed by atoms with E-state index in [1.807, 2.05) is 26.0 Å². The van der Waals surface area contributed by atoms with Gasteiger partial charge in [0.05, 0.1) is 12.7 Å². The summed E-state index contributed by atoms with van der Waals surface area (Å²) in [5.74, 6) is 0.167. The quantitative estimate of drug-likeness (QED) is 0.359. The number of benzene rings is 2. The first kappa shape index (κ1) is 22.5. The van der Waals surface area contributed by atoms with E-state index in [0.717, 1.165) is 11.6 Å². The second-order valence-electron chi connectivity index (χ2n) is 7.65. The number of ether oxygens (including phenoxy) is 2. The van der Waals surface area contributed by atoms with E-state index >= 15 is 0 Å². The number of pyridine rings is 1. The molecule has 6 nitrogen and oxygen atoms in total. The van der Waals surface area contributed by atoms with Crippen molar-refractivity contribution in [3.05, 3.63) is 66.5 Å². The molecule has 0 unspecified atom stereocenters. The maximum atomic E-state index is 14.6. The molecule has 0 radical (unpaired) electrons. The summed E-state index contributed by atoms with van der Waals surface area (Å²) in [7, 11) is 1.75. The van der Waals surface area contributed by atoms with Crippen LogP contribution in [0.1, 0.15) is 13.8 Å². The van der Waals surface area contributed by atoms with Gasteiger partial charge in [-0.25, -0.2) is 18.7 Å². The van der Waals surface area contributed by atoms with Crippen LogP contribution in [0.15, 0.2) is 54.9 Å². The highest BCUT2D eigenvalue weighted by Crippen LogP contribution is 2.36. The fourth-order valence-corrected chi connectivity index (χ4v) is 3.44. The van der Waals surface area contributed by atoms with Gasteiger partial charge in [0.15, 0.2) is 5.82 Å². The Kier molecular flexibility index (Phi) is 6.74. The molecule has 33 heavy (non-hydrogen) atoms. The van der Waals surface area contributed by atoms with Gasteiger partial charge >= 0.3 is 0 Å². The van der Waals surface area contributed by atoms with Gasteiger partial charge in [-0.2, -0.15) is 0 Å². The highest BCUT2D eigenvalue weighted by atomic mass is 19.1. The first-order chi connectivity index (χ1) is 16.0. The zero-order chi connectivity index (χ0) is 23.4. The van der Waals surface area contributed by atoms with E-state index in [1.165, 1.54) is 12.1 Å². The molecule has 0 bridgehead atoms.